The zero-order chi connectivity index (χ0) is 20.5. The quantitative estimate of drug-likeness (QED) is 0.781. The monoisotopic (exact) mass is 396 g/mol. The number of para-hydroxylation sites is 2. The first-order valence-electron chi connectivity index (χ1n) is 9.25. The minimum Gasteiger partial charge on any atom is -0.479 e. The van der Waals surface area contributed by atoms with Crippen LogP contribution in [0.2, 0.25) is 0 Å². The van der Waals surface area contributed by atoms with Gasteiger partial charge in [-0.05, 0) is 32.0 Å². The molecule has 4 rings (SSSR count). The fourth-order valence-electron chi connectivity index (χ4n) is 3.35. The van der Waals surface area contributed by atoms with E-state index >= 15 is 0 Å². The van der Waals surface area contributed by atoms with Crippen molar-refractivity contribution in [2.24, 2.45) is 0 Å². The van der Waals surface area contributed by atoms with Gasteiger partial charge in [0.15, 0.2) is 23.4 Å². The van der Waals surface area contributed by atoms with Gasteiger partial charge < -0.3 is 24.4 Å². The molecular weight excluding hydrogens is 376 g/mol. The molecule has 2 heterocycles. The number of amides is 2. The van der Waals surface area contributed by atoms with E-state index in [2.05, 4.69) is 5.32 Å². The second-order valence-corrected chi connectivity index (χ2v) is 6.82. The van der Waals surface area contributed by atoms with Crippen LogP contribution in [0.1, 0.15) is 30.6 Å². The summed E-state index contributed by atoms with van der Waals surface area (Å²) in [5, 5.41) is 2.75. The second-order valence-electron chi connectivity index (χ2n) is 6.82. The van der Waals surface area contributed by atoms with Crippen LogP contribution in [0.4, 0.5) is 11.4 Å². The Balaban J connectivity index is 1.49. The summed E-state index contributed by atoms with van der Waals surface area (Å²) in [6.45, 7) is 3.35. The molecule has 0 bridgehead atoms. The van der Waals surface area contributed by atoms with Crippen molar-refractivity contribution in [1.82, 2.24) is 0 Å². The first-order valence-corrected chi connectivity index (χ1v) is 9.25. The number of hydrogen-bond acceptors (Lipinski definition) is 6. The van der Waals surface area contributed by atoms with Crippen LogP contribution in [-0.2, 0) is 9.59 Å². The SMILES string of the molecule is CC(=O)c1cc2c(cc1NC(=O)CCN1C(=O)C(C)Oc3ccccc31)OCO2. The molecule has 0 spiro atoms. The first kappa shape index (κ1) is 18.8. The number of nitrogens with zero attached hydrogens (tertiary/aromatic N) is 1. The summed E-state index contributed by atoms with van der Waals surface area (Å²) in [7, 11) is 0. The molecule has 1 N–H and O–H groups in total. The zero-order valence-electron chi connectivity index (χ0n) is 16.1. The molecule has 2 aliphatic rings. The number of benzene rings is 2. The van der Waals surface area contributed by atoms with Crippen LogP contribution in [0.3, 0.4) is 0 Å². The van der Waals surface area contributed by atoms with Gasteiger partial charge in [-0.15, -0.1) is 0 Å². The Morgan fingerprint density at radius 1 is 1.14 bits per heavy atom. The fourth-order valence-corrected chi connectivity index (χ4v) is 3.35. The number of fused-ring (bicyclic) bond motifs is 2. The molecule has 0 aromatic heterocycles. The maximum Gasteiger partial charge on any atom is 0.267 e. The van der Waals surface area contributed by atoms with Gasteiger partial charge in [0.05, 0.1) is 11.4 Å². The average Bonchev–Trinajstić information content (AvgIpc) is 3.15. The highest BCUT2D eigenvalue weighted by Crippen LogP contribution is 2.37. The molecule has 2 aromatic rings. The van der Waals surface area contributed by atoms with Gasteiger partial charge in [0.2, 0.25) is 12.7 Å². The highest BCUT2D eigenvalue weighted by molar-refractivity contribution is 6.05. The zero-order valence-corrected chi connectivity index (χ0v) is 16.1. The van der Waals surface area contributed by atoms with Crippen LogP contribution in [0.5, 0.6) is 17.2 Å². The van der Waals surface area contributed by atoms with E-state index in [1.54, 1.807) is 36.1 Å². The molecule has 0 radical (unpaired) electrons. The Labute approximate surface area is 167 Å². The van der Waals surface area contributed by atoms with E-state index in [1.165, 1.54) is 6.92 Å². The molecule has 0 aliphatic carbocycles. The highest BCUT2D eigenvalue weighted by Gasteiger charge is 2.31. The summed E-state index contributed by atoms with van der Waals surface area (Å²) >= 11 is 0. The molecule has 0 fully saturated rings. The van der Waals surface area contributed by atoms with Crippen molar-refractivity contribution in [3.05, 3.63) is 42.0 Å². The van der Waals surface area contributed by atoms with E-state index < -0.39 is 6.10 Å². The predicted octanol–water partition coefficient (Wildman–Crippen LogP) is 2.76. The van der Waals surface area contributed by atoms with Crippen molar-refractivity contribution in [1.29, 1.82) is 0 Å². The van der Waals surface area contributed by atoms with Crippen LogP contribution in [0, 0.1) is 0 Å². The molecule has 8 nitrogen and oxygen atoms in total. The van der Waals surface area contributed by atoms with Gasteiger partial charge in [-0.1, -0.05) is 12.1 Å². The Morgan fingerprint density at radius 3 is 2.62 bits per heavy atom. The molecule has 2 amide bonds. The van der Waals surface area contributed by atoms with E-state index in [9.17, 15) is 14.4 Å². The maximum atomic E-state index is 12.6. The summed E-state index contributed by atoms with van der Waals surface area (Å²) < 4.78 is 16.2. The lowest BCUT2D eigenvalue weighted by atomic mass is 10.1. The minimum atomic E-state index is -0.619. The van der Waals surface area contributed by atoms with Crippen LogP contribution in [0.15, 0.2) is 36.4 Å². The summed E-state index contributed by atoms with van der Waals surface area (Å²) in [4.78, 5) is 38.6. The molecule has 1 unspecified atom stereocenters. The number of nitrogens with one attached hydrogen (secondary N) is 1. The Kier molecular flexibility index (Phi) is 4.84. The Bertz CT molecular complexity index is 1000. The van der Waals surface area contributed by atoms with Crippen LogP contribution < -0.4 is 24.4 Å². The van der Waals surface area contributed by atoms with Crippen LogP contribution in [-0.4, -0.2) is 37.0 Å². The Morgan fingerprint density at radius 2 is 1.86 bits per heavy atom. The lowest BCUT2D eigenvalue weighted by molar-refractivity contribution is -0.125. The van der Waals surface area contributed by atoms with E-state index in [4.69, 9.17) is 14.2 Å². The number of Topliss-reactive ketones (excluding diaryl/α,β-unsaturated/α-hetero) is 1. The molecule has 29 heavy (non-hydrogen) atoms. The number of anilines is 2. The van der Waals surface area contributed by atoms with Crippen molar-refractivity contribution >= 4 is 29.0 Å². The van der Waals surface area contributed by atoms with Gasteiger partial charge in [0, 0.05) is 24.6 Å². The minimum absolute atomic E-state index is 0.0541. The van der Waals surface area contributed by atoms with Gasteiger partial charge in [-0.3, -0.25) is 14.4 Å². The third kappa shape index (κ3) is 3.61. The lowest BCUT2D eigenvalue weighted by Crippen LogP contribution is -2.45. The van der Waals surface area contributed by atoms with Gasteiger partial charge in [0.25, 0.3) is 5.91 Å². The molecule has 2 aromatic carbocycles. The number of ether oxygens (including phenoxy) is 3. The molecular formula is C21H20N2O6. The maximum absolute atomic E-state index is 12.6. The molecule has 2 aliphatic heterocycles. The smallest absolute Gasteiger partial charge is 0.267 e. The summed E-state index contributed by atoms with van der Waals surface area (Å²) in [5.74, 6) is 0.813. The number of carbonyl (C=O) groups excluding carboxylic acids is 3. The van der Waals surface area contributed by atoms with Gasteiger partial charge in [-0.2, -0.15) is 0 Å². The third-order valence-electron chi connectivity index (χ3n) is 4.80. The number of hydrogen-bond donors (Lipinski definition) is 1. The predicted molar refractivity (Wildman–Crippen MR) is 105 cm³/mol. The van der Waals surface area contributed by atoms with Gasteiger partial charge in [0.1, 0.15) is 5.75 Å². The summed E-state index contributed by atoms with van der Waals surface area (Å²) in [6.07, 6.45) is -0.565. The van der Waals surface area contributed by atoms with E-state index in [1.807, 2.05) is 12.1 Å². The van der Waals surface area contributed by atoms with E-state index in [-0.39, 0.29) is 37.4 Å². The number of carbonyl (C=O) groups is 3. The van der Waals surface area contributed by atoms with Crippen LogP contribution in [0.25, 0.3) is 0 Å². The normalized spacial score (nSPS) is 16.8. The largest absolute Gasteiger partial charge is 0.479 e. The van der Waals surface area contributed by atoms with Gasteiger partial charge in [-0.25, -0.2) is 0 Å². The standard InChI is InChI=1S/C21H20N2O6/c1-12(24)14-9-18-19(28-11-27-18)10-15(14)22-20(25)7-8-23-16-5-3-4-6-17(16)29-13(2)21(23)26/h3-6,9-10,13H,7-8,11H2,1-2H3,(H,22,25). The van der Waals surface area contributed by atoms with Gasteiger partial charge >= 0.3 is 0 Å². The van der Waals surface area contributed by atoms with Crippen LogP contribution >= 0.6 is 0 Å². The lowest BCUT2D eigenvalue weighted by Gasteiger charge is -2.32. The number of rotatable bonds is 5. The summed E-state index contributed by atoms with van der Waals surface area (Å²) in [5.41, 5.74) is 1.33. The second kappa shape index (κ2) is 7.46. The molecule has 0 saturated carbocycles. The van der Waals surface area contributed by atoms with Crippen molar-refractivity contribution in [2.45, 2.75) is 26.4 Å². The van der Waals surface area contributed by atoms with E-state index in [0.29, 0.717) is 34.2 Å². The molecule has 1 atom stereocenters. The first-order chi connectivity index (χ1) is 13.9. The van der Waals surface area contributed by atoms with Crippen molar-refractivity contribution < 1.29 is 28.6 Å². The van der Waals surface area contributed by atoms with E-state index in [0.717, 1.165) is 0 Å². The van der Waals surface area contributed by atoms with Crippen molar-refractivity contribution in [3.63, 3.8) is 0 Å². The van der Waals surface area contributed by atoms with Crippen molar-refractivity contribution in [3.8, 4) is 17.2 Å². The fraction of sp³-hybridized carbons (Fsp3) is 0.286. The van der Waals surface area contributed by atoms with Crippen molar-refractivity contribution in [2.75, 3.05) is 23.6 Å². The molecule has 8 heteroatoms. The summed E-state index contributed by atoms with van der Waals surface area (Å²) in [6, 6.07) is 10.3. The highest BCUT2D eigenvalue weighted by atomic mass is 16.7. The Hall–Kier alpha value is -3.55. The average molecular weight is 396 g/mol. The topological polar surface area (TPSA) is 94.2 Å². The number of ketones is 1. The molecule has 150 valence electrons. The third-order valence-corrected chi connectivity index (χ3v) is 4.80. The molecule has 0 saturated heterocycles.